The summed E-state index contributed by atoms with van der Waals surface area (Å²) in [4.78, 5) is 17.7. The Hall–Kier alpha value is -3.52. The van der Waals surface area contributed by atoms with Crippen molar-refractivity contribution in [3.05, 3.63) is 58.3 Å². The number of halogens is 1. The second-order valence-electron chi connectivity index (χ2n) is 7.84. The summed E-state index contributed by atoms with van der Waals surface area (Å²) >= 11 is 6.58. The number of hydrogen-bond donors (Lipinski definition) is 1. The molecule has 0 spiro atoms. The minimum Gasteiger partial charge on any atom is -0.493 e. The fraction of sp³-hybridized carbons (Fsp3) is 0.292. The lowest BCUT2D eigenvalue weighted by Crippen LogP contribution is -2.31. The Labute approximate surface area is 196 Å². The molecule has 1 atom stereocenters. The Morgan fingerprint density at radius 3 is 2.45 bits per heavy atom. The van der Waals surface area contributed by atoms with Crippen LogP contribution in [0, 0.1) is 0 Å². The number of anilines is 1. The Kier molecular flexibility index (Phi) is 5.46. The molecule has 1 unspecified atom stereocenters. The van der Waals surface area contributed by atoms with Crippen LogP contribution in [0.25, 0.3) is 11.4 Å². The lowest BCUT2D eigenvalue weighted by atomic mass is 9.85. The summed E-state index contributed by atoms with van der Waals surface area (Å²) in [6.45, 7) is 0. The van der Waals surface area contributed by atoms with E-state index in [1.54, 1.807) is 38.1 Å². The molecule has 1 aromatic heterocycles. The summed E-state index contributed by atoms with van der Waals surface area (Å²) < 4.78 is 18.1. The highest BCUT2D eigenvalue weighted by molar-refractivity contribution is 6.31. The van der Waals surface area contributed by atoms with Gasteiger partial charge in [-0.15, -0.1) is 5.10 Å². The summed E-state index contributed by atoms with van der Waals surface area (Å²) in [5, 5.41) is 8.71. The summed E-state index contributed by atoms with van der Waals surface area (Å²) in [6.07, 6.45) is 2.08. The third-order valence-corrected chi connectivity index (χ3v) is 6.34. The molecule has 0 radical (unpaired) electrons. The van der Waals surface area contributed by atoms with E-state index in [9.17, 15) is 4.79 Å². The minimum atomic E-state index is -0.457. The van der Waals surface area contributed by atoms with Crippen LogP contribution in [-0.4, -0.2) is 41.9 Å². The molecule has 5 rings (SSSR count). The van der Waals surface area contributed by atoms with E-state index in [1.165, 1.54) is 0 Å². The second kappa shape index (κ2) is 8.44. The summed E-state index contributed by atoms with van der Waals surface area (Å²) in [5.41, 5.74) is 3.08. The van der Waals surface area contributed by atoms with Gasteiger partial charge < -0.3 is 19.5 Å². The van der Waals surface area contributed by atoms with E-state index in [0.29, 0.717) is 51.6 Å². The number of nitrogens with zero attached hydrogens (tertiary/aromatic N) is 3. The number of rotatable bonds is 5. The third-order valence-electron chi connectivity index (χ3n) is 5.99. The van der Waals surface area contributed by atoms with Crippen molar-refractivity contribution in [2.75, 3.05) is 26.6 Å². The highest BCUT2D eigenvalue weighted by Crippen LogP contribution is 2.44. The lowest BCUT2D eigenvalue weighted by molar-refractivity contribution is -0.116. The Morgan fingerprint density at radius 1 is 1.06 bits per heavy atom. The minimum absolute atomic E-state index is 0.101. The van der Waals surface area contributed by atoms with Gasteiger partial charge >= 0.3 is 0 Å². The smallest absolute Gasteiger partial charge is 0.226 e. The molecule has 3 aromatic rings. The third kappa shape index (κ3) is 3.51. The molecule has 0 saturated carbocycles. The van der Waals surface area contributed by atoms with Gasteiger partial charge in [0.25, 0.3) is 0 Å². The molecule has 0 fully saturated rings. The van der Waals surface area contributed by atoms with Crippen LogP contribution in [0.2, 0.25) is 5.02 Å². The van der Waals surface area contributed by atoms with E-state index in [4.69, 9.17) is 35.9 Å². The zero-order chi connectivity index (χ0) is 23.1. The van der Waals surface area contributed by atoms with Crippen LogP contribution in [0.15, 0.2) is 47.7 Å². The first-order valence-electron chi connectivity index (χ1n) is 10.6. The normalized spacial score (nSPS) is 17.2. The van der Waals surface area contributed by atoms with Crippen molar-refractivity contribution in [1.82, 2.24) is 14.8 Å². The van der Waals surface area contributed by atoms with Gasteiger partial charge in [0.15, 0.2) is 23.1 Å². The number of fused-ring (bicyclic) bond motifs is 1. The number of carbonyl (C=O) groups is 1. The molecule has 0 amide bonds. The maximum atomic E-state index is 13.0. The SMILES string of the molecule is COc1cc(-c2nc3n(n2)C(c2ccccc2Cl)C2=C(CCCC2=O)N3)cc(OC)c1OC. The molecule has 1 aliphatic heterocycles. The van der Waals surface area contributed by atoms with Crippen molar-refractivity contribution >= 4 is 23.3 Å². The summed E-state index contributed by atoms with van der Waals surface area (Å²) in [5.74, 6) is 2.61. The van der Waals surface area contributed by atoms with Gasteiger partial charge in [-0.2, -0.15) is 4.98 Å². The maximum absolute atomic E-state index is 13.0. The van der Waals surface area contributed by atoms with Crippen molar-refractivity contribution in [2.45, 2.75) is 25.3 Å². The molecule has 0 bridgehead atoms. The Morgan fingerprint density at radius 2 is 1.79 bits per heavy atom. The number of aromatic nitrogens is 3. The lowest BCUT2D eigenvalue weighted by Gasteiger charge is -2.32. The molecule has 2 aromatic carbocycles. The summed E-state index contributed by atoms with van der Waals surface area (Å²) in [7, 11) is 4.68. The molecule has 8 nitrogen and oxygen atoms in total. The first kappa shape index (κ1) is 21.3. The molecule has 1 aliphatic carbocycles. The Balaban J connectivity index is 1.68. The molecule has 2 aliphatic rings. The van der Waals surface area contributed by atoms with Crippen LogP contribution in [0.1, 0.15) is 30.9 Å². The highest BCUT2D eigenvalue weighted by Gasteiger charge is 2.37. The number of ether oxygens (including phenoxy) is 3. The predicted molar refractivity (Wildman–Crippen MR) is 124 cm³/mol. The number of methoxy groups -OCH3 is 3. The molecule has 33 heavy (non-hydrogen) atoms. The molecule has 9 heteroatoms. The van der Waals surface area contributed by atoms with E-state index in [-0.39, 0.29) is 5.78 Å². The van der Waals surface area contributed by atoms with Crippen LogP contribution in [0.4, 0.5) is 5.95 Å². The van der Waals surface area contributed by atoms with Crippen LogP contribution < -0.4 is 19.5 Å². The number of ketones is 1. The monoisotopic (exact) mass is 466 g/mol. The average Bonchev–Trinajstić information content (AvgIpc) is 3.26. The molecular weight excluding hydrogens is 444 g/mol. The van der Waals surface area contributed by atoms with Crippen LogP contribution >= 0.6 is 11.6 Å². The van der Waals surface area contributed by atoms with Gasteiger partial charge in [0, 0.05) is 33.8 Å². The molecule has 1 N–H and O–H groups in total. The fourth-order valence-electron chi connectivity index (χ4n) is 4.47. The number of Topliss-reactive ketones (excluding diaryl/α,β-unsaturated/α-hetero) is 1. The van der Waals surface area contributed by atoms with Crippen molar-refractivity contribution in [3.8, 4) is 28.6 Å². The van der Waals surface area contributed by atoms with Gasteiger partial charge in [0.05, 0.1) is 21.3 Å². The number of allylic oxidation sites excluding steroid dienone is 2. The van der Waals surface area contributed by atoms with Crippen molar-refractivity contribution < 1.29 is 19.0 Å². The number of carbonyl (C=O) groups excluding carboxylic acids is 1. The van der Waals surface area contributed by atoms with Crippen LogP contribution in [-0.2, 0) is 4.79 Å². The van der Waals surface area contributed by atoms with Gasteiger partial charge in [-0.3, -0.25) is 4.79 Å². The highest BCUT2D eigenvalue weighted by atomic mass is 35.5. The topological polar surface area (TPSA) is 87.5 Å². The first-order valence-corrected chi connectivity index (χ1v) is 11.0. The Bertz CT molecular complexity index is 1260. The van der Waals surface area contributed by atoms with Gasteiger partial charge in [0.2, 0.25) is 11.7 Å². The van der Waals surface area contributed by atoms with Crippen molar-refractivity contribution in [3.63, 3.8) is 0 Å². The van der Waals surface area contributed by atoms with Gasteiger partial charge in [-0.25, -0.2) is 4.68 Å². The van der Waals surface area contributed by atoms with Gasteiger partial charge in [-0.05, 0) is 31.0 Å². The van der Waals surface area contributed by atoms with Crippen molar-refractivity contribution in [1.29, 1.82) is 0 Å². The molecule has 2 heterocycles. The number of benzene rings is 2. The second-order valence-corrected chi connectivity index (χ2v) is 8.24. The maximum Gasteiger partial charge on any atom is 0.226 e. The quantitative estimate of drug-likeness (QED) is 0.585. The largest absolute Gasteiger partial charge is 0.493 e. The van der Waals surface area contributed by atoms with Gasteiger partial charge in [0.1, 0.15) is 6.04 Å². The first-order chi connectivity index (χ1) is 16.0. The average molecular weight is 467 g/mol. The van der Waals surface area contributed by atoms with Crippen LogP contribution in [0.3, 0.4) is 0 Å². The van der Waals surface area contributed by atoms with E-state index >= 15 is 0 Å². The fourth-order valence-corrected chi connectivity index (χ4v) is 4.71. The van der Waals surface area contributed by atoms with E-state index in [0.717, 1.165) is 24.1 Å². The van der Waals surface area contributed by atoms with E-state index < -0.39 is 6.04 Å². The zero-order valence-electron chi connectivity index (χ0n) is 18.5. The van der Waals surface area contributed by atoms with Crippen LogP contribution in [0.5, 0.6) is 17.2 Å². The predicted octanol–water partition coefficient (Wildman–Crippen LogP) is 4.65. The number of hydrogen-bond acceptors (Lipinski definition) is 7. The van der Waals surface area contributed by atoms with E-state index in [2.05, 4.69) is 5.32 Å². The zero-order valence-corrected chi connectivity index (χ0v) is 19.3. The summed E-state index contributed by atoms with van der Waals surface area (Å²) in [6, 6.07) is 10.7. The molecular formula is C24H23ClN4O4. The standard InChI is InChI=1S/C24H23ClN4O4/c1-31-18-11-13(12-19(32-2)22(18)33-3)23-27-24-26-16-9-6-10-17(30)20(16)21(29(24)28-23)14-7-4-5-8-15(14)25/h4-5,7-8,11-12,21H,6,9-10H2,1-3H3,(H,26,27,28). The number of nitrogens with one attached hydrogen (secondary N) is 1. The van der Waals surface area contributed by atoms with E-state index in [1.807, 2.05) is 24.3 Å². The molecule has 0 saturated heterocycles. The van der Waals surface area contributed by atoms with Crippen molar-refractivity contribution in [2.24, 2.45) is 0 Å². The van der Waals surface area contributed by atoms with Gasteiger partial charge in [-0.1, -0.05) is 29.8 Å². The molecule has 170 valence electrons.